The number of anilines is 1. The third-order valence-electron chi connectivity index (χ3n) is 3.23. The summed E-state index contributed by atoms with van der Waals surface area (Å²) in [5, 5.41) is 9.97. The van der Waals surface area contributed by atoms with Crippen molar-refractivity contribution in [1.29, 1.82) is 0 Å². The van der Waals surface area contributed by atoms with Crippen LogP contribution in [0, 0.1) is 12.8 Å². The molecule has 1 aromatic rings. The quantitative estimate of drug-likeness (QED) is 0.808. The van der Waals surface area contributed by atoms with Gasteiger partial charge in [0.25, 0.3) is 0 Å². The highest BCUT2D eigenvalue weighted by Crippen LogP contribution is 2.31. The molecule has 0 spiro atoms. The molecule has 1 fully saturated rings. The number of nitrogens with two attached hydrogens (primary N) is 1. The van der Waals surface area contributed by atoms with Gasteiger partial charge in [-0.25, -0.2) is 0 Å². The first kappa shape index (κ1) is 12.0. The molecule has 2 unspecified atom stereocenters. The lowest BCUT2D eigenvalue weighted by Gasteiger charge is -2.34. The van der Waals surface area contributed by atoms with Crippen LogP contribution in [0.15, 0.2) is 4.42 Å². The van der Waals surface area contributed by atoms with Gasteiger partial charge in [-0.05, 0) is 18.8 Å². The second kappa shape index (κ2) is 4.44. The summed E-state index contributed by atoms with van der Waals surface area (Å²) in [6.07, 6.45) is 3.52. The Labute approximate surface area is 100.0 Å². The summed E-state index contributed by atoms with van der Waals surface area (Å²) in [4.78, 5) is 12.1. The van der Waals surface area contributed by atoms with E-state index in [1.807, 2.05) is 0 Å². The Kier molecular flexibility index (Phi) is 3.15. The molecule has 94 valence electrons. The highest BCUT2D eigenvalue weighted by atomic mass is 16.4. The number of aromatic nitrogens is 2. The van der Waals surface area contributed by atoms with Crippen molar-refractivity contribution in [2.45, 2.75) is 45.1 Å². The first-order valence-corrected chi connectivity index (χ1v) is 5.90. The lowest BCUT2D eigenvalue weighted by Crippen LogP contribution is -2.53. The molecule has 6 nitrogen and oxygen atoms in total. The van der Waals surface area contributed by atoms with Gasteiger partial charge in [0.15, 0.2) is 0 Å². The van der Waals surface area contributed by atoms with Gasteiger partial charge in [-0.1, -0.05) is 24.9 Å². The first-order valence-electron chi connectivity index (χ1n) is 5.90. The number of hydrogen-bond acceptors (Lipinski definition) is 5. The minimum atomic E-state index is -0.806. The molecule has 17 heavy (non-hydrogen) atoms. The number of nitrogens with one attached hydrogen (secondary N) is 1. The summed E-state index contributed by atoms with van der Waals surface area (Å²) in [7, 11) is 0. The third kappa shape index (κ3) is 2.63. The van der Waals surface area contributed by atoms with E-state index < -0.39 is 5.54 Å². The van der Waals surface area contributed by atoms with Crippen LogP contribution in [0.1, 0.15) is 38.5 Å². The van der Waals surface area contributed by atoms with Crippen molar-refractivity contribution >= 4 is 11.9 Å². The summed E-state index contributed by atoms with van der Waals surface area (Å²) in [5.74, 6) is 0.667. The van der Waals surface area contributed by atoms with Crippen LogP contribution in [0.5, 0.6) is 0 Å². The van der Waals surface area contributed by atoms with Crippen LogP contribution in [0.4, 0.5) is 6.01 Å². The van der Waals surface area contributed by atoms with Gasteiger partial charge in [-0.2, -0.15) is 0 Å². The van der Waals surface area contributed by atoms with Crippen molar-refractivity contribution in [2.24, 2.45) is 11.7 Å². The Morgan fingerprint density at radius 1 is 1.59 bits per heavy atom. The van der Waals surface area contributed by atoms with E-state index in [0.717, 1.165) is 12.8 Å². The summed E-state index contributed by atoms with van der Waals surface area (Å²) in [6, 6.07) is 0.121. The largest absolute Gasteiger partial charge is 0.408 e. The second-order valence-electron chi connectivity index (χ2n) is 4.94. The van der Waals surface area contributed by atoms with E-state index in [1.54, 1.807) is 6.92 Å². The van der Waals surface area contributed by atoms with E-state index in [1.165, 1.54) is 0 Å². The van der Waals surface area contributed by atoms with E-state index in [4.69, 9.17) is 10.2 Å². The third-order valence-corrected chi connectivity index (χ3v) is 3.23. The van der Waals surface area contributed by atoms with Gasteiger partial charge in [0.1, 0.15) is 0 Å². The maximum Gasteiger partial charge on any atom is 0.322 e. The average molecular weight is 238 g/mol. The Morgan fingerprint density at radius 2 is 2.35 bits per heavy atom. The van der Waals surface area contributed by atoms with Gasteiger partial charge in [0, 0.05) is 6.92 Å². The zero-order valence-electron chi connectivity index (χ0n) is 10.2. The van der Waals surface area contributed by atoms with Crippen LogP contribution in [0.25, 0.3) is 0 Å². The fourth-order valence-corrected chi connectivity index (χ4v) is 2.37. The molecule has 0 radical (unpaired) electrons. The Hall–Kier alpha value is -1.43. The number of carbonyl (C=O) groups is 1. The Bertz CT molecular complexity index is 417. The lowest BCUT2D eigenvalue weighted by molar-refractivity contribution is -0.122. The predicted octanol–water partition coefficient (Wildman–Crippen LogP) is 1.22. The average Bonchev–Trinajstić information content (AvgIpc) is 2.63. The Balaban J connectivity index is 2.03. The monoisotopic (exact) mass is 238 g/mol. The topological polar surface area (TPSA) is 94.0 Å². The maximum absolute atomic E-state index is 12.1. The number of amides is 1. The molecule has 0 saturated heterocycles. The molecule has 0 bridgehead atoms. The summed E-state index contributed by atoms with van der Waals surface area (Å²) >= 11 is 0. The van der Waals surface area contributed by atoms with Gasteiger partial charge in [0.05, 0.1) is 5.54 Å². The first-order chi connectivity index (χ1) is 7.99. The number of hydrogen-bond donors (Lipinski definition) is 2. The minimum Gasteiger partial charge on any atom is -0.408 e. The van der Waals surface area contributed by atoms with E-state index >= 15 is 0 Å². The van der Waals surface area contributed by atoms with Crippen molar-refractivity contribution in [1.82, 2.24) is 10.2 Å². The van der Waals surface area contributed by atoms with Gasteiger partial charge in [-0.3, -0.25) is 10.1 Å². The van der Waals surface area contributed by atoms with Crippen molar-refractivity contribution < 1.29 is 9.21 Å². The standard InChI is InChI=1S/C11H18N4O2/c1-7-4-3-5-11(12,6-7)9(16)13-10-15-14-8(2)17-10/h7H,3-6,12H2,1-2H3,(H,13,15,16). The van der Waals surface area contributed by atoms with Crippen LogP contribution in [-0.4, -0.2) is 21.6 Å². The summed E-state index contributed by atoms with van der Waals surface area (Å²) in [5.41, 5.74) is 5.34. The number of aryl methyl sites for hydroxylation is 1. The van der Waals surface area contributed by atoms with Crippen molar-refractivity contribution in [3.05, 3.63) is 5.89 Å². The molecule has 1 heterocycles. The molecule has 6 heteroatoms. The van der Waals surface area contributed by atoms with E-state index in [-0.39, 0.29) is 11.9 Å². The molecular weight excluding hydrogens is 220 g/mol. The van der Waals surface area contributed by atoms with Gasteiger partial charge < -0.3 is 10.2 Å². The minimum absolute atomic E-state index is 0.121. The highest BCUT2D eigenvalue weighted by molar-refractivity contribution is 5.96. The van der Waals surface area contributed by atoms with Crippen LogP contribution in [0.3, 0.4) is 0 Å². The molecular formula is C11H18N4O2. The molecule has 0 aliphatic heterocycles. The van der Waals surface area contributed by atoms with Gasteiger partial charge in [-0.15, -0.1) is 5.10 Å². The zero-order chi connectivity index (χ0) is 12.5. The zero-order valence-corrected chi connectivity index (χ0v) is 10.2. The molecule has 2 rings (SSSR count). The predicted molar refractivity (Wildman–Crippen MR) is 62.2 cm³/mol. The van der Waals surface area contributed by atoms with E-state index in [2.05, 4.69) is 22.4 Å². The van der Waals surface area contributed by atoms with E-state index in [9.17, 15) is 4.79 Å². The van der Waals surface area contributed by atoms with Crippen LogP contribution in [-0.2, 0) is 4.79 Å². The fourth-order valence-electron chi connectivity index (χ4n) is 2.37. The smallest absolute Gasteiger partial charge is 0.322 e. The SMILES string of the molecule is Cc1nnc(NC(=O)C2(N)CCCC(C)C2)o1. The Morgan fingerprint density at radius 3 is 2.94 bits per heavy atom. The normalized spacial score (nSPS) is 29.0. The summed E-state index contributed by atoms with van der Waals surface area (Å²) in [6.45, 7) is 3.79. The number of nitrogens with zero attached hydrogens (tertiary/aromatic N) is 2. The molecule has 1 aromatic heterocycles. The molecule has 1 aliphatic rings. The molecule has 1 amide bonds. The van der Waals surface area contributed by atoms with Gasteiger partial charge in [0.2, 0.25) is 11.8 Å². The second-order valence-corrected chi connectivity index (χ2v) is 4.94. The molecule has 3 N–H and O–H groups in total. The number of rotatable bonds is 2. The number of carbonyl (C=O) groups excluding carboxylic acids is 1. The molecule has 2 atom stereocenters. The van der Waals surface area contributed by atoms with Crippen molar-refractivity contribution in [2.75, 3.05) is 5.32 Å². The van der Waals surface area contributed by atoms with Crippen molar-refractivity contribution in [3.63, 3.8) is 0 Å². The lowest BCUT2D eigenvalue weighted by atomic mass is 9.76. The van der Waals surface area contributed by atoms with Gasteiger partial charge >= 0.3 is 6.01 Å². The molecule has 1 saturated carbocycles. The van der Waals surface area contributed by atoms with E-state index in [0.29, 0.717) is 24.7 Å². The molecule has 1 aliphatic carbocycles. The maximum atomic E-state index is 12.1. The summed E-state index contributed by atoms with van der Waals surface area (Å²) < 4.78 is 5.11. The highest BCUT2D eigenvalue weighted by Gasteiger charge is 2.38. The fraction of sp³-hybridized carbons (Fsp3) is 0.727. The molecule has 0 aromatic carbocycles. The van der Waals surface area contributed by atoms with Crippen LogP contribution < -0.4 is 11.1 Å². The van der Waals surface area contributed by atoms with Crippen molar-refractivity contribution in [3.8, 4) is 0 Å². The van der Waals surface area contributed by atoms with Crippen LogP contribution in [0.2, 0.25) is 0 Å². The van der Waals surface area contributed by atoms with Crippen LogP contribution >= 0.6 is 0 Å².